The number of hydrogen-bond donors (Lipinski definition) is 1. The van der Waals surface area contributed by atoms with Crippen molar-refractivity contribution in [1.29, 1.82) is 0 Å². The molecule has 0 unspecified atom stereocenters. The molecule has 6 nitrogen and oxygen atoms in total. The molecule has 2 aromatic heterocycles. The van der Waals surface area contributed by atoms with Gasteiger partial charge in [0, 0.05) is 35.1 Å². The average molecular weight is 369 g/mol. The zero-order chi connectivity index (χ0) is 19.3. The summed E-state index contributed by atoms with van der Waals surface area (Å²) in [6.07, 6.45) is 3.35. The quantitative estimate of drug-likeness (QED) is 0.570. The first kappa shape index (κ1) is 17.6. The lowest BCUT2D eigenvalue weighted by molar-refractivity contribution is 0.102. The number of amides is 1. The Labute approximate surface area is 162 Å². The van der Waals surface area contributed by atoms with Gasteiger partial charge in [-0.1, -0.05) is 42.5 Å². The molecule has 0 aliphatic rings. The van der Waals surface area contributed by atoms with Crippen LogP contribution in [0.1, 0.15) is 17.3 Å². The second-order valence-electron chi connectivity index (χ2n) is 6.27. The van der Waals surface area contributed by atoms with Gasteiger partial charge in [0.05, 0.1) is 5.69 Å². The summed E-state index contributed by atoms with van der Waals surface area (Å²) >= 11 is 0. The third-order valence-corrected chi connectivity index (χ3v) is 4.43. The highest BCUT2D eigenvalue weighted by atomic mass is 16.1. The number of rotatable bonds is 5. The van der Waals surface area contributed by atoms with E-state index in [1.54, 1.807) is 24.7 Å². The fraction of sp³-hybridized carbons (Fsp3) is 0.0909. The van der Waals surface area contributed by atoms with E-state index >= 15 is 0 Å². The molecule has 0 saturated carbocycles. The standard InChI is InChI=1S/C22H19N5O/c1-2-27-15-24-26-21(27)17-9-6-10-19(13-17)25-22(28)18-11-12-23-20(14-18)16-7-4-3-5-8-16/h3-15H,2H2,1H3,(H,25,28). The molecular formula is C22H19N5O. The molecule has 0 fully saturated rings. The molecule has 4 aromatic rings. The number of nitrogens with zero attached hydrogens (tertiary/aromatic N) is 4. The summed E-state index contributed by atoms with van der Waals surface area (Å²) in [5.74, 6) is 0.586. The van der Waals surface area contributed by atoms with Gasteiger partial charge in [-0.05, 0) is 31.2 Å². The molecule has 0 aliphatic heterocycles. The van der Waals surface area contributed by atoms with E-state index in [0.717, 1.165) is 29.2 Å². The van der Waals surface area contributed by atoms with Gasteiger partial charge in [-0.3, -0.25) is 9.78 Å². The molecule has 138 valence electrons. The minimum atomic E-state index is -0.186. The van der Waals surface area contributed by atoms with Gasteiger partial charge in [-0.25, -0.2) is 0 Å². The van der Waals surface area contributed by atoms with E-state index in [-0.39, 0.29) is 5.91 Å². The van der Waals surface area contributed by atoms with Gasteiger partial charge < -0.3 is 9.88 Å². The Morgan fingerprint density at radius 3 is 2.64 bits per heavy atom. The fourth-order valence-electron chi connectivity index (χ4n) is 2.99. The second kappa shape index (κ2) is 7.84. The van der Waals surface area contributed by atoms with Crippen LogP contribution in [0.4, 0.5) is 5.69 Å². The Kier molecular flexibility index (Phi) is 4.93. The van der Waals surface area contributed by atoms with Gasteiger partial charge >= 0.3 is 0 Å². The van der Waals surface area contributed by atoms with Crippen LogP contribution in [0.15, 0.2) is 79.3 Å². The lowest BCUT2D eigenvalue weighted by Gasteiger charge is -2.09. The molecule has 0 radical (unpaired) electrons. The van der Waals surface area contributed by atoms with E-state index in [2.05, 4.69) is 20.5 Å². The Balaban J connectivity index is 1.57. The zero-order valence-electron chi connectivity index (χ0n) is 15.4. The summed E-state index contributed by atoms with van der Waals surface area (Å²) in [6, 6.07) is 20.9. The van der Waals surface area contributed by atoms with E-state index < -0.39 is 0 Å². The van der Waals surface area contributed by atoms with Crippen LogP contribution in [0.3, 0.4) is 0 Å². The Hall–Kier alpha value is -3.80. The van der Waals surface area contributed by atoms with Crippen LogP contribution < -0.4 is 5.32 Å². The molecule has 1 N–H and O–H groups in total. The first-order valence-corrected chi connectivity index (χ1v) is 9.05. The number of carbonyl (C=O) groups is 1. The van der Waals surface area contributed by atoms with E-state index in [0.29, 0.717) is 11.3 Å². The molecule has 6 heteroatoms. The zero-order valence-corrected chi connectivity index (χ0v) is 15.4. The van der Waals surface area contributed by atoms with Crippen molar-refractivity contribution in [3.63, 3.8) is 0 Å². The molecule has 2 heterocycles. The number of nitrogens with one attached hydrogen (secondary N) is 1. The van der Waals surface area contributed by atoms with Crippen LogP contribution in [0.25, 0.3) is 22.6 Å². The van der Waals surface area contributed by atoms with E-state index in [1.807, 2.05) is 66.1 Å². The number of benzene rings is 2. The molecule has 0 atom stereocenters. The first-order valence-electron chi connectivity index (χ1n) is 9.05. The summed E-state index contributed by atoms with van der Waals surface area (Å²) in [5, 5.41) is 11.1. The normalized spacial score (nSPS) is 10.6. The molecule has 0 aliphatic carbocycles. The van der Waals surface area contributed by atoms with Crippen LogP contribution in [0, 0.1) is 0 Å². The van der Waals surface area contributed by atoms with Crippen molar-refractivity contribution in [2.75, 3.05) is 5.32 Å². The Bertz CT molecular complexity index is 1100. The molecule has 28 heavy (non-hydrogen) atoms. The molecule has 1 amide bonds. The van der Waals surface area contributed by atoms with Crippen molar-refractivity contribution in [2.24, 2.45) is 0 Å². The van der Waals surface area contributed by atoms with E-state index in [1.165, 1.54) is 0 Å². The predicted molar refractivity (Wildman–Crippen MR) is 109 cm³/mol. The minimum absolute atomic E-state index is 0.186. The number of aromatic nitrogens is 4. The van der Waals surface area contributed by atoms with Crippen LogP contribution in [-0.4, -0.2) is 25.7 Å². The third-order valence-electron chi connectivity index (χ3n) is 4.43. The van der Waals surface area contributed by atoms with Crippen LogP contribution >= 0.6 is 0 Å². The number of carbonyl (C=O) groups excluding carboxylic acids is 1. The molecule has 2 aromatic carbocycles. The lowest BCUT2D eigenvalue weighted by atomic mass is 10.1. The van der Waals surface area contributed by atoms with Gasteiger partial charge in [0.15, 0.2) is 5.82 Å². The number of aryl methyl sites for hydroxylation is 1. The third kappa shape index (κ3) is 3.66. The minimum Gasteiger partial charge on any atom is -0.322 e. The van der Waals surface area contributed by atoms with Crippen molar-refractivity contribution < 1.29 is 4.79 Å². The SMILES string of the molecule is CCn1cnnc1-c1cccc(NC(=O)c2ccnc(-c3ccccc3)c2)c1. The maximum atomic E-state index is 12.7. The van der Waals surface area contributed by atoms with Gasteiger partial charge in [0.2, 0.25) is 0 Å². The summed E-state index contributed by atoms with van der Waals surface area (Å²) in [6.45, 7) is 2.81. The predicted octanol–water partition coefficient (Wildman–Crippen LogP) is 4.28. The van der Waals surface area contributed by atoms with Crippen molar-refractivity contribution in [3.8, 4) is 22.6 Å². The summed E-state index contributed by atoms with van der Waals surface area (Å²) < 4.78 is 1.95. The van der Waals surface area contributed by atoms with Gasteiger partial charge in [0.1, 0.15) is 6.33 Å². The summed E-state index contributed by atoms with van der Waals surface area (Å²) in [4.78, 5) is 17.1. The lowest BCUT2D eigenvalue weighted by Crippen LogP contribution is -2.12. The second-order valence-corrected chi connectivity index (χ2v) is 6.27. The monoisotopic (exact) mass is 369 g/mol. The molecule has 0 spiro atoms. The summed E-state index contributed by atoms with van der Waals surface area (Å²) in [7, 11) is 0. The highest BCUT2D eigenvalue weighted by Gasteiger charge is 2.11. The van der Waals surface area contributed by atoms with Crippen molar-refractivity contribution >= 4 is 11.6 Å². The number of anilines is 1. The van der Waals surface area contributed by atoms with Crippen molar-refractivity contribution in [2.45, 2.75) is 13.5 Å². The van der Waals surface area contributed by atoms with E-state index in [4.69, 9.17) is 0 Å². The number of pyridine rings is 1. The van der Waals surface area contributed by atoms with Crippen LogP contribution in [-0.2, 0) is 6.54 Å². The number of hydrogen-bond acceptors (Lipinski definition) is 4. The van der Waals surface area contributed by atoms with Crippen LogP contribution in [0.2, 0.25) is 0 Å². The molecule has 4 rings (SSSR count). The summed E-state index contributed by atoms with van der Waals surface area (Å²) in [5.41, 5.74) is 3.88. The molecular weight excluding hydrogens is 350 g/mol. The Morgan fingerprint density at radius 2 is 1.82 bits per heavy atom. The highest BCUT2D eigenvalue weighted by Crippen LogP contribution is 2.22. The smallest absolute Gasteiger partial charge is 0.255 e. The van der Waals surface area contributed by atoms with E-state index in [9.17, 15) is 4.79 Å². The Morgan fingerprint density at radius 1 is 1.00 bits per heavy atom. The van der Waals surface area contributed by atoms with Gasteiger partial charge in [-0.15, -0.1) is 10.2 Å². The average Bonchev–Trinajstić information content (AvgIpc) is 3.24. The maximum Gasteiger partial charge on any atom is 0.255 e. The van der Waals surface area contributed by atoms with Crippen LogP contribution in [0.5, 0.6) is 0 Å². The largest absolute Gasteiger partial charge is 0.322 e. The van der Waals surface area contributed by atoms with Gasteiger partial charge in [0.25, 0.3) is 5.91 Å². The maximum absolute atomic E-state index is 12.7. The molecule has 0 saturated heterocycles. The van der Waals surface area contributed by atoms with Crippen molar-refractivity contribution in [1.82, 2.24) is 19.7 Å². The van der Waals surface area contributed by atoms with Crippen molar-refractivity contribution in [3.05, 3.63) is 84.8 Å². The fourth-order valence-corrected chi connectivity index (χ4v) is 2.99. The first-order chi connectivity index (χ1) is 13.7. The van der Waals surface area contributed by atoms with Gasteiger partial charge in [-0.2, -0.15) is 0 Å². The molecule has 0 bridgehead atoms. The highest BCUT2D eigenvalue weighted by molar-refractivity contribution is 6.05. The topological polar surface area (TPSA) is 72.7 Å².